The quantitative estimate of drug-likeness (QED) is 0.843. The van der Waals surface area contributed by atoms with Crippen molar-refractivity contribution >= 4 is 5.97 Å². The minimum absolute atomic E-state index is 0.130. The monoisotopic (exact) mass is 294 g/mol. The van der Waals surface area contributed by atoms with E-state index in [2.05, 4.69) is 0 Å². The lowest BCUT2D eigenvalue weighted by molar-refractivity contribution is -0.154. The van der Waals surface area contributed by atoms with Gasteiger partial charge in [0.25, 0.3) is 0 Å². The number of aryl methyl sites for hydroxylation is 1. The molecule has 0 radical (unpaired) electrons. The zero-order valence-electron chi connectivity index (χ0n) is 12.6. The van der Waals surface area contributed by atoms with Gasteiger partial charge in [0.2, 0.25) is 6.79 Å². The van der Waals surface area contributed by atoms with Gasteiger partial charge < -0.3 is 19.7 Å². The first-order chi connectivity index (χ1) is 9.81. The summed E-state index contributed by atoms with van der Waals surface area (Å²) in [6.45, 7) is 5.45. The number of aliphatic carboxylic acids is 1. The molecular weight excluding hydrogens is 272 g/mol. The normalized spacial score (nSPS) is 17.6. The van der Waals surface area contributed by atoms with Crippen LogP contribution in [0.5, 0.6) is 11.5 Å². The maximum atomic E-state index is 11.4. The van der Waals surface area contributed by atoms with Crippen LogP contribution in [0.15, 0.2) is 18.2 Å². The van der Waals surface area contributed by atoms with Crippen LogP contribution in [0.2, 0.25) is 0 Å². The van der Waals surface area contributed by atoms with E-state index in [4.69, 9.17) is 9.47 Å². The van der Waals surface area contributed by atoms with Gasteiger partial charge in [0.05, 0.1) is 11.5 Å². The third kappa shape index (κ3) is 3.47. The van der Waals surface area contributed by atoms with Crippen LogP contribution in [0.3, 0.4) is 0 Å². The van der Waals surface area contributed by atoms with E-state index in [0.29, 0.717) is 18.6 Å². The molecule has 0 amide bonds. The summed E-state index contributed by atoms with van der Waals surface area (Å²) in [6.07, 6.45) is 0.960. The molecule has 1 aromatic carbocycles. The summed E-state index contributed by atoms with van der Waals surface area (Å²) >= 11 is 0. The number of carboxylic acid groups (broad SMARTS) is 1. The molecule has 1 aliphatic rings. The Bertz CT molecular complexity index is 521. The van der Waals surface area contributed by atoms with Crippen LogP contribution in [0.4, 0.5) is 0 Å². The Morgan fingerprint density at radius 3 is 2.62 bits per heavy atom. The molecule has 0 aromatic heterocycles. The summed E-state index contributed by atoms with van der Waals surface area (Å²) in [6, 6.07) is 5.63. The van der Waals surface area contributed by atoms with Crippen LogP contribution >= 0.6 is 0 Å². The van der Waals surface area contributed by atoms with Gasteiger partial charge in [-0.15, -0.1) is 0 Å². The molecular formula is C16H22O5. The Balaban J connectivity index is 2.05. The van der Waals surface area contributed by atoms with Crippen LogP contribution in [-0.2, 0) is 11.2 Å². The average molecular weight is 294 g/mol. The van der Waals surface area contributed by atoms with Crippen LogP contribution in [0, 0.1) is 11.8 Å². The van der Waals surface area contributed by atoms with E-state index >= 15 is 0 Å². The number of ether oxygens (including phenoxy) is 2. The van der Waals surface area contributed by atoms with Gasteiger partial charge in [0, 0.05) is 0 Å². The molecule has 0 spiro atoms. The number of carbonyl (C=O) groups is 1. The van der Waals surface area contributed by atoms with Gasteiger partial charge in [-0.2, -0.15) is 0 Å². The van der Waals surface area contributed by atoms with Crippen molar-refractivity contribution in [2.24, 2.45) is 11.8 Å². The number of benzene rings is 1. The summed E-state index contributed by atoms with van der Waals surface area (Å²) in [5.41, 5.74) is -0.261. The Labute approximate surface area is 124 Å². The zero-order valence-corrected chi connectivity index (χ0v) is 12.6. The molecule has 2 unspecified atom stereocenters. The molecule has 5 nitrogen and oxygen atoms in total. The minimum atomic E-state index is -1.25. The number of fused-ring (bicyclic) bond motifs is 1. The highest BCUT2D eigenvalue weighted by atomic mass is 16.7. The second kappa shape index (κ2) is 5.93. The fourth-order valence-electron chi connectivity index (χ4n) is 2.92. The standard InChI is InChI=1S/C16H22O5/c1-10(2)14(15(17)18)16(3,19)7-6-11-4-5-12-13(8-11)21-9-20-12/h4-5,8,10,14,19H,6-7,9H2,1-3H3,(H,17,18). The topological polar surface area (TPSA) is 76.0 Å². The first-order valence-electron chi connectivity index (χ1n) is 7.15. The number of rotatable bonds is 6. The van der Waals surface area contributed by atoms with Crippen LogP contribution in [-0.4, -0.2) is 28.6 Å². The third-order valence-electron chi connectivity index (χ3n) is 3.96. The van der Waals surface area contributed by atoms with Crippen molar-refractivity contribution in [2.75, 3.05) is 6.79 Å². The lowest BCUT2D eigenvalue weighted by atomic mass is 9.77. The number of carboxylic acids is 1. The first-order valence-corrected chi connectivity index (χ1v) is 7.15. The van der Waals surface area contributed by atoms with Gasteiger partial charge in [-0.05, 0) is 43.4 Å². The van der Waals surface area contributed by atoms with Gasteiger partial charge >= 0.3 is 5.97 Å². The molecule has 0 fully saturated rings. The molecule has 1 aromatic rings. The SMILES string of the molecule is CC(C)C(C(=O)O)C(C)(O)CCc1ccc2c(c1)OCO2. The Hall–Kier alpha value is -1.75. The molecule has 21 heavy (non-hydrogen) atoms. The average Bonchev–Trinajstić information content (AvgIpc) is 2.82. The van der Waals surface area contributed by atoms with E-state index < -0.39 is 17.5 Å². The van der Waals surface area contributed by atoms with E-state index in [0.717, 1.165) is 11.3 Å². The molecule has 0 saturated carbocycles. The largest absolute Gasteiger partial charge is 0.481 e. The van der Waals surface area contributed by atoms with Crippen molar-refractivity contribution < 1.29 is 24.5 Å². The second-order valence-corrected chi connectivity index (χ2v) is 6.10. The fraction of sp³-hybridized carbons (Fsp3) is 0.562. The van der Waals surface area contributed by atoms with Crippen LogP contribution in [0.25, 0.3) is 0 Å². The number of hydrogen-bond donors (Lipinski definition) is 2. The van der Waals surface area contributed by atoms with E-state index in [9.17, 15) is 15.0 Å². The van der Waals surface area contributed by atoms with Crippen molar-refractivity contribution in [3.8, 4) is 11.5 Å². The summed E-state index contributed by atoms with van der Waals surface area (Å²) in [5, 5.41) is 19.8. The van der Waals surface area contributed by atoms with Crippen molar-refractivity contribution in [1.82, 2.24) is 0 Å². The van der Waals surface area contributed by atoms with Gasteiger partial charge in [-0.25, -0.2) is 0 Å². The van der Waals surface area contributed by atoms with Crippen molar-refractivity contribution in [3.63, 3.8) is 0 Å². The van der Waals surface area contributed by atoms with Gasteiger partial charge in [-0.1, -0.05) is 19.9 Å². The Morgan fingerprint density at radius 1 is 1.33 bits per heavy atom. The lowest BCUT2D eigenvalue weighted by Crippen LogP contribution is -2.43. The van der Waals surface area contributed by atoms with Crippen LogP contribution in [0.1, 0.15) is 32.8 Å². The molecule has 0 aliphatic carbocycles. The Morgan fingerprint density at radius 2 is 2.00 bits per heavy atom. The molecule has 0 saturated heterocycles. The molecule has 1 heterocycles. The van der Waals surface area contributed by atoms with Crippen molar-refractivity contribution in [1.29, 1.82) is 0 Å². The van der Waals surface area contributed by atoms with E-state index in [-0.39, 0.29) is 12.7 Å². The number of aliphatic hydroxyl groups is 1. The maximum absolute atomic E-state index is 11.4. The Kier molecular flexibility index (Phi) is 4.42. The number of hydrogen-bond acceptors (Lipinski definition) is 4. The molecule has 1 aliphatic heterocycles. The summed E-state index contributed by atoms with van der Waals surface area (Å²) in [7, 11) is 0. The molecule has 2 N–H and O–H groups in total. The van der Waals surface area contributed by atoms with Gasteiger partial charge in [0.1, 0.15) is 0 Å². The summed E-state index contributed by atoms with van der Waals surface area (Å²) in [4.78, 5) is 11.4. The highest BCUT2D eigenvalue weighted by Gasteiger charge is 2.39. The van der Waals surface area contributed by atoms with Crippen LogP contribution < -0.4 is 9.47 Å². The maximum Gasteiger partial charge on any atom is 0.309 e. The second-order valence-electron chi connectivity index (χ2n) is 6.10. The molecule has 0 bridgehead atoms. The summed E-state index contributed by atoms with van der Waals surface area (Å²) < 4.78 is 10.6. The summed E-state index contributed by atoms with van der Waals surface area (Å²) in [5.74, 6) is -0.455. The minimum Gasteiger partial charge on any atom is -0.481 e. The van der Waals surface area contributed by atoms with Gasteiger partial charge in [0.15, 0.2) is 11.5 Å². The smallest absolute Gasteiger partial charge is 0.309 e. The zero-order chi connectivity index (χ0) is 15.6. The predicted molar refractivity (Wildman–Crippen MR) is 77.5 cm³/mol. The van der Waals surface area contributed by atoms with Crippen molar-refractivity contribution in [2.45, 2.75) is 39.2 Å². The highest BCUT2D eigenvalue weighted by molar-refractivity contribution is 5.71. The fourth-order valence-corrected chi connectivity index (χ4v) is 2.92. The van der Waals surface area contributed by atoms with E-state index in [1.165, 1.54) is 0 Å². The predicted octanol–water partition coefficient (Wildman–Crippen LogP) is 2.46. The van der Waals surface area contributed by atoms with E-state index in [1.54, 1.807) is 6.92 Å². The van der Waals surface area contributed by atoms with Gasteiger partial charge in [-0.3, -0.25) is 4.79 Å². The first kappa shape index (κ1) is 15.6. The highest BCUT2D eigenvalue weighted by Crippen LogP contribution is 2.34. The van der Waals surface area contributed by atoms with E-state index in [1.807, 2.05) is 32.0 Å². The molecule has 116 valence electrons. The molecule has 5 heteroatoms. The lowest BCUT2D eigenvalue weighted by Gasteiger charge is -2.32. The molecule has 2 atom stereocenters. The van der Waals surface area contributed by atoms with Crippen molar-refractivity contribution in [3.05, 3.63) is 23.8 Å². The molecule has 2 rings (SSSR count). The third-order valence-corrected chi connectivity index (χ3v) is 3.96.